The van der Waals surface area contributed by atoms with E-state index < -0.39 is 0 Å². The molecule has 0 saturated carbocycles. The Hall–Kier alpha value is -3.30. The molecule has 1 fully saturated rings. The number of carbonyl (C=O) groups excluding carboxylic acids is 2. The number of nitrogens with zero attached hydrogens (tertiary/aromatic N) is 2. The number of hydrogen-bond donors (Lipinski definition) is 2. The molecule has 2 aromatic carbocycles. The number of carbonyl (C=O) groups is 2. The molecule has 0 spiro atoms. The van der Waals surface area contributed by atoms with Gasteiger partial charge in [0.1, 0.15) is 16.9 Å². The Morgan fingerprint density at radius 1 is 1.09 bits per heavy atom. The Morgan fingerprint density at radius 2 is 1.91 bits per heavy atom. The first-order chi connectivity index (χ1) is 15.7. The molecule has 1 aliphatic rings. The molecule has 1 aliphatic heterocycles. The van der Waals surface area contributed by atoms with Crippen LogP contribution in [-0.4, -0.2) is 35.2 Å². The lowest BCUT2D eigenvalue weighted by Crippen LogP contribution is -2.24. The predicted molar refractivity (Wildman–Crippen MR) is 121 cm³/mol. The Kier molecular flexibility index (Phi) is 7.42. The van der Waals surface area contributed by atoms with Crippen molar-refractivity contribution in [2.24, 2.45) is 0 Å². The van der Waals surface area contributed by atoms with Crippen LogP contribution in [0.3, 0.4) is 0 Å². The number of amides is 2. The van der Waals surface area contributed by atoms with Crippen LogP contribution in [0.5, 0.6) is 5.75 Å². The fourth-order valence-corrected chi connectivity index (χ4v) is 4.02. The maximum Gasteiger partial charge on any atom is 0.257 e. The standard InChI is InChI=1S/C23H24N4O4S/c28-20(12-14-30-18-5-2-1-3-6-18)24-15-16-8-10-17(11-9-16)21(29)25-23-27-26-22(32-23)19-7-4-13-31-19/h1-3,5-6,8-11,19H,4,7,12-15H2,(H,24,28)(H,25,27,29). The van der Waals surface area contributed by atoms with Crippen LogP contribution in [0.2, 0.25) is 0 Å². The monoisotopic (exact) mass is 452 g/mol. The average molecular weight is 453 g/mol. The summed E-state index contributed by atoms with van der Waals surface area (Å²) in [4.78, 5) is 24.5. The van der Waals surface area contributed by atoms with Gasteiger partial charge in [0.2, 0.25) is 11.0 Å². The molecule has 0 bridgehead atoms. The third-order valence-electron chi connectivity index (χ3n) is 4.91. The fourth-order valence-electron chi connectivity index (χ4n) is 3.20. The minimum absolute atomic E-state index is 0.0162. The maximum absolute atomic E-state index is 12.5. The van der Waals surface area contributed by atoms with Crippen LogP contribution in [0, 0.1) is 0 Å². The summed E-state index contributed by atoms with van der Waals surface area (Å²) in [6.07, 6.45) is 2.20. The van der Waals surface area contributed by atoms with Gasteiger partial charge in [0.15, 0.2) is 0 Å². The average Bonchev–Trinajstić information content (AvgIpc) is 3.51. The van der Waals surface area contributed by atoms with Crippen LogP contribution >= 0.6 is 11.3 Å². The van der Waals surface area contributed by atoms with E-state index in [0.717, 1.165) is 35.8 Å². The normalized spacial score (nSPS) is 15.3. The van der Waals surface area contributed by atoms with Gasteiger partial charge >= 0.3 is 0 Å². The number of para-hydroxylation sites is 1. The molecule has 1 atom stereocenters. The second-order valence-corrected chi connectivity index (χ2v) is 8.30. The minimum atomic E-state index is -0.256. The second kappa shape index (κ2) is 10.8. The summed E-state index contributed by atoms with van der Waals surface area (Å²) in [6.45, 7) is 1.43. The third kappa shape index (κ3) is 6.12. The molecule has 8 nitrogen and oxygen atoms in total. The van der Waals surface area contributed by atoms with Gasteiger partial charge in [-0.25, -0.2) is 0 Å². The Balaban J connectivity index is 1.20. The number of ether oxygens (including phenoxy) is 2. The Bertz CT molecular complexity index is 1030. The summed E-state index contributed by atoms with van der Waals surface area (Å²) in [5.74, 6) is 0.389. The van der Waals surface area contributed by atoms with Crippen molar-refractivity contribution in [2.75, 3.05) is 18.5 Å². The maximum atomic E-state index is 12.5. The molecule has 32 heavy (non-hydrogen) atoms. The Labute approximate surface area is 190 Å². The van der Waals surface area contributed by atoms with Crippen LogP contribution in [-0.2, 0) is 16.1 Å². The highest BCUT2D eigenvalue weighted by atomic mass is 32.1. The van der Waals surface area contributed by atoms with E-state index >= 15 is 0 Å². The van der Waals surface area contributed by atoms with E-state index in [2.05, 4.69) is 20.8 Å². The quantitative estimate of drug-likeness (QED) is 0.513. The molecular weight excluding hydrogens is 428 g/mol. The highest BCUT2D eigenvalue weighted by Crippen LogP contribution is 2.32. The number of nitrogens with one attached hydrogen (secondary N) is 2. The fraction of sp³-hybridized carbons (Fsp3) is 0.304. The topological polar surface area (TPSA) is 102 Å². The van der Waals surface area contributed by atoms with Gasteiger partial charge in [-0.15, -0.1) is 10.2 Å². The van der Waals surface area contributed by atoms with Gasteiger partial charge in [-0.1, -0.05) is 41.7 Å². The van der Waals surface area contributed by atoms with E-state index in [0.29, 0.717) is 23.8 Å². The van der Waals surface area contributed by atoms with E-state index in [1.165, 1.54) is 11.3 Å². The number of hydrogen-bond acceptors (Lipinski definition) is 7. The number of aromatic nitrogens is 2. The molecule has 2 amide bonds. The van der Waals surface area contributed by atoms with E-state index in [4.69, 9.17) is 9.47 Å². The van der Waals surface area contributed by atoms with Crippen LogP contribution in [0.4, 0.5) is 5.13 Å². The zero-order valence-corrected chi connectivity index (χ0v) is 18.3. The molecule has 2 N–H and O–H groups in total. The number of anilines is 1. The van der Waals surface area contributed by atoms with Gasteiger partial charge in [0.25, 0.3) is 5.91 Å². The molecule has 9 heteroatoms. The zero-order valence-electron chi connectivity index (χ0n) is 17.5. The third-order valence-corrected chi connectivity index (χ3v) is 5.84. The summed E-state index contributed by atoms with van der Waals surface area (Å²) in [6, 6.07) is 16.4. The zero-order chi connectivity index (χ0) is 22.2. The van der Waals surface area contributed by atoms with Crippen molar-refractivity contribution in [1.82, 2.24) is 15.5 Å². The van der Waals surface area contributed by atoms with Crippen LogP contribution < -0.4 is 15.4 Å². The SMILES string of the molecule is O=C(CCOc1ccccc1)NCc1ccc(C(=O)Nc2nnc(C3CCCO3)s2)cc1. The lowest BCUT2D eigenvalue weighted by molar-refractivity contribution is -0.121. The van der Waals surface area contributed by atoms with Crippen molar-refractivity contribution >= 4 is 28.3 Å². The van der Waals surface area contributed by atoms with Crippen LogP contribution in [0.15, 0.2) is 54.6 Å². The second-order valence-electron chi connectivity index (χ2n) is 7.29. The molecule has 0 radical (unpaired) electrons. The van der Waals surface area contributed by atoms with Crippen molar-refractivity contribution in [3.05, 3.63) is 70.7 Å². The van der Waals surface area contributed by atoms with E-state index in [1.807, 2.05) is 42.5 Å². The molecule has 1 unspecified atom stereocenters. The predicted octanol–water partition coefficient (Wildman–Crippen LogP) is 3.73. The van der Waals surface area contributed by atoms with Gasteiger partial charge in [-0.2, -0.15) is 0 Å². The first-order valence-electron chi connectivity index (χ1n) is 10.5. The Morgan fingerprint density at radius 3 is 2.66 bits per heavy atom. The number of rotatable bonds is 9. The van der Waals surface area contributed by atoms with Gasteiger partial charge < -0.3 is 14.8 Å². The molecule has 1 saturated heterocycles. The van der Waals surface area contributed by atoms with Crippen molar-refractivity contribution in [1.29, 1.82) is 0 Å². The van der Waals surface area contributed by atoms with E-state index in [1.54, 1.807) is 12.1 Å². The minimum Gasteiger partial charge on any atom is -0.493 e. The highest BCUT2D eigenvalue weighted by molar-refractivity contribution is 7.15. The molecule has 1 aromatic heterocycles. The first-order valence-corrected chi connectivity index (χ1v) is 11.3. The van der Waals surface area contributed by atoms with Crippen molar-refractivity contribution in [3.63, 3.8) is 0 Å². The summed E-state index contributed by atoms with van der Waals surface area (Å²) in [5.41, 5.74) is 1.40. The van der Waals surface area contributed by atoms with Crippen molar-refractivity contribution in [2.45, 2.75) is 31.9 Å². The van der Waals surface area contributed by atoms with E-state index in [9.17, 15) is 9.59 Å². The summed E-state index contributed by atoms with van der Waals surface area (Å²) >= 11 is 1.34. The molecule has 4 rings (SSSR count). The number of benzene rings is 2. The molecule has 3 aromatic rings. The lowest BCUT2D eigenvalue weighted by atomic mass is 10.1. The van der Waals surface area contributed by atoms with Crippen LogP contribution in [0.1, 0.15) is 46.3 Å². The highest BCUT2D eigenvalue weighted by Gasteiger charge is 2.22. The summed E-state index contributed by atoms with van der Waals surface area (Å²) < 4.78 is 11.1. The molecule has 0 aliphatic carbocycles. The van der Waals surface area contributed by atoms with Gasteiger partial charge in [-0.3, -0.25) is 14.9 Å². The van der Waals surface area contributed by atoms with Crippen LogP contribution in [0.25, 0.3) is 0 Å². The lowest BCUT2D eigenvalue weighted by Gasteiger charge is -2.08. The van der Waals surface area contributed by atoms with Crippen molar-refractivity contribution < 1.29 is 19.1 Å². The summed E-state index contributed by atoms with van der Waals surface area (Å²) in [7, 11) is 0. The smallest absolute Gasteiger partial charge is 0.257 e. The van der Waals surface area contributed by atoms with E-state index in [-0.39, 0.29) is 24.3 Å². The van der Waals surface area contributed by atoms with Gasteiger partial charge in [0, 0.05) is 18.7 Å². The van der Waals surface area contributed by atoms with Gasteiger partial charge in [0.05, 0.1) is 13.0 Å². The largest absolute Gasteiger partial charge is 0.493 e. The van der Waals surface area contributed by atoms with Crippen molar-refractivity contribution in [3.8, 4) is 5.75 Å². The molecular formula is C23H24N4O4S. The summed E-state index contributed by atoms with van der Waals surface area (Å²) in [5, 5.41) is 15.0. The molecule has 166 valence electrons. The first kappa shape index (κ1) is 21.9. The molecule has 2 heterocycles. The van der Waals surface area contributed by atoms with Gasteiger partial charge in [-0.05, 0) is 42.7 Å².